The molecule has 0 aliphatic heterocycles. The molecule has 0 aliphatic rings. The van der Waals surface area contributed by atoms with Crippen molar-refractivity contribution < 1.29 is 5.11 Å². The highest BCUT2D eigenvalue weighted by atomic mass is 32.2. The van der Waals surface area contributed by atoms with Crippen LogP contribution < -0.4 is 5.56 Å². The summed E-state index contributed by atoms with van der Waals surface area (Å²) in [5.74, 6) is 0. The molecule has 2 rings (SSSR count). The van der Waals surface area contributed by atoms with Gasteiger partial charge in [-0.05, 0) is 19.2 Å². The number of aliphatic hydroxyl groups excluding tert-OH is 1. The molecule has 0 fully saturated rings. The highest BCUT2D eigenvalue weighted by Crippen LogP contribution is 2.18. The van der Waals surface area contributed by atoms with Crippen LogP contribution in [0.5, 0.6) is 0 Å². The van der Waals surface area contributed by atoms with Gasteiger partial charge in [0.1, 0.15) is 6.10 Å². The van der Waals surface area contributed by atoms with Crippen molar-refractivity contribution in [3.8, 4) is 0 Å². The van der Waals surface area contributed by atoms with Gasteiger partial charge in [0.2, 0.25) is 0 Å². The van der Waals surface area contributed by atoms with Crippen molar-refractivity contribution in [2.45, 2.75) is 18.2 Å². The number of hydrogen-bond acceptors (Lipinski definition) is 5. The zero-order valence-corrected chi connectivity index (χ0v) is 10.9. The maximum absolute atomic E-state index is 11.8. The molecule has 0 bridgehead atoms. The molecule has 2 N–H and O–H groups in total. The molecule has 2 heterocycles. The maximum Gasteiger partial charge on any atom is 0.257 e. The Morgan fingerprint density at radius 3 is 2.67 bits per heavy atom. The smallest absolute Gasteiger partial charge is 0.257 e. The molecule has 18 heavy (non-hydrogen) atoms. The van der Waals surface area contributed by atoms with Gasteiger partial charge in [0, 0.05) is 23.7 Å². The topological polar surface area (TPSA) is 78.9 Å². The van der Waals surface area contributed by atoms with E-state index in [1.165, 1.54) is 18.0 Å². The minimum Gasteiger partial charge on any atom is -0.383 e. The molecular formula is C12H13N3O2S. The summed E-state index contributed by atoms with van der Waals surface area (Å²) < 4.78 is 0. The third kappa shape index (κ3) is 2.60. The normalized spacial score (nSPS) is 12.4. The summed E-state index contributed by atoms with van der Waals surface area (Å²) in [6, 6.07) is 3.53. The molecule has 2 aromatic rings. The first-order valence-corrected chi connectivity index (χ1v) is 6.58. The van der Waals surface area contributed by atoms with Gasteiger partial charge in [0.05, 0.1) is 5.56 Å². The van der Waals surface area contributed by atoms with Crippen molar-refractivity contribution >= 4 is 11.8 Å². The summed E-state index contributed by atoms with van der Waals surface area (Å²) in [7, 11) is 0. The zero-order chi connectivity index (χ0) is 13.1. The lowest BCUT2D eigenvalue weighted by Gasteiger charge is -2.10. The van der Waals surface area contributed by atoms with Crippen LogP contribution >= 0.6 is 11.8 Å². The average Bonchev–Trinajstić information content (AvgIpc) is 2.38. The number of thioether (sulfide) groups is 1. The number of aromatic amines is 1. The summed E-state index contributed by atoms with van der Waals surface area (Å²) in [4.78, 5) is 22.5. The van der Waals surface area contributed by atoms with Gasteiger partial charge in [-0.1, -0.05) is 17.8 Å². The molecule has 0 spiro atoms. The van der Waals surface area contributed by atoms with E-state index in [4.69, 9.17) is 0 Å². The molecular weight excluding hydrogens is 250 g/mol. The van der Waals surface area contributed by atoms with Gasteiger partial charge in [0.15, 0.2) is 5.16 Å². The third-order valence-corrected chi connectivity index (χ3v) is 3.14. The van der Waals surface area contributed by atoms with Crippen LogP contribution in [0, 0.1) is 6.92 Å². The number of pyridine rings is 1. The van der Waals surface area contributed by atoms with Crippen molar-refractivity contribution in [2.75, 3.05) is 6.26 Å². The fourth-order valence-electron chi connectivity index (χ4n) is 1.51. The van der Waals surface area contributed by atoms with Gasteiger partial charge >= 0.3 is 0 Å². The van der Waals surface area contributed by atoms with Crippen molar-refractivity contribution in [3.05, 3.63) is 51.7 Å². The minimum atomic E-state index is -1.01. The van der Waals surface area contributed by atoms with E-state index in [0.29, 0.717) is 10.7 Å². The van der Waals surface area contributed by atoms with Crippen molar-refractivity contribution in [3.63, 3.8) is 0 Å². The lowest BCUT2D eigenvalue weighted by molar-refractivity contribution is 0.217. The Balaban J connectivity index is 2.36. The van der Waals surface area contributed by atoms with Crippen LogP contribution in [0.3, 0.4) is 0 Å². The second-order valence-corrected chi connectivity index (χ2v) is 4.61. The Morgan fingerprint density at radius 2 is 2.11 bits per heavy atom. The summed E-state index contributed by atoms with van der Waals surface area (Å²) in [5.41, 5.74) is 1.32. The monoisotopic (exact) mass is 263 g/mol. The molecule has 1 unspecified atom stereocenters. The molecule has 0 saturated carbocycles. The van der Waals surface area contributed by atoms with Crippen LogP contribution in [0.25, 0.3) is 0 Å². The van der Waals surface area contributed by atoms with Crippen LogP contribution in [-0.4, -0.2) is 26.3 Å². The predicted molar refractivity (Wildman–Crippen MR) is 69.7 cm³/mol. The van der Waals surface area contributed by atoms with E-state index in [0.717, 1.165) is 5.69 Å². The third-order valence-electron chi connectivity index (χ3n) is 2.54. The summed E-state index contributed by atoms with van der Waals surface area (Å²) in [6.07, 6.45) is 3.76. The number of aromatic nitrogens is 3. The first kappa shape index (κ1) is 12.8. The highest BCUT2D eigenvalue weighted by molar-refractivity contribution is 7.98. The van der Waals surface area contributed by atoms with Gasteiger partial charge in [-0.3, -0.25) is 9.78 Å². The Labute approximate surface area is 108 Å². The van der Waals surface area contributed by atoms with Crippen molar-refractivity contribution in [1.29, 1.82) is 0 Å². The van der Waals surface area contributed by atoms with Crippen LogP contribution in [0.2, 0.25) is 0 Å². The number of aliphatic hydroxyl groups is 1. The summed E-state index contributed by atoms with van der Waals surface area (Å²) in [6.45, 7) is 1.86. The van der Waals surface area contributed by atoms with Crippen molar-refractivity contribution in [2.24, 2.45) is 0 Å². The molecule has 2 aromatic heterocycles. The quantitative estimate of drug-likeness (QED) is 0.644. The molecule has 6 heteroatoms. The van der Waals surface area contributed by atoms with Gasteiger partial charge < -0.3 is 10.1 Å². The number of aryl methyl sites for hydroxylation is 1. The van der Waals surface area contributed by atoms with Gasteiger partial charge in [-0.15, -0.1) is 0 Å². The van der Waals surface area contributed by atoms with Gasteiger partial charge in [-0.2, -0.15) is 0 Å². The van der Waals surface area contributed by atoms with Crippen LogP contribution in [0.15, 0.2) is 34.5 Å². The van der Waals surface area contributed by atoms with E-state index in [1.54, 1.807) is 18.3 Å². The van der Waals surface area contributed by atoms with E-state index >= 15 is 0 Å². The molecule has 0 aromatic carbocycles. The predicted octanol–water partition coefficient (Wildman–Crippen LogP) is 1.28. The number of nitrogens with zero attached hydrogens (tertiary/aromatic N) is 2. The fraction of sp³-hybridized carbons (Fsp3) is 0.250. The lowest BCUT2D eigenvalue weighted by Crippen LogP contribution is -2.18. The average molecular weight is 263 g/mol. The highest BCUT2D eigenvalue weighted by Gasteiger charge is 2.15. The van der Waals surface area contributed by atoms with Crippen LogP contribution in [-0.2, 0) is 0 Å². The minimum absolute atomic E-state index is 0.221. The molecule has 0 aliphatic carbocycles. The number of nitrogens with one attached hydrogen (secondary N) is 1. The first-order valence-electron chi connectivity index (χ1n) is 5.35. The Bertz CT molecular complexity index is 595. The standard InChI is InChI=1S/C12H13N3O2S/c1-7-3-4-8(5-13-7)10(16)9-6-14-12(18-2)15-11(9)17/h3-6,10,16H,1-2H3,(H,14,15,17). The second kappa shape index (κ2) is 5.32. The SMILES string of the molecule is CSc1ncc(C(O)c2ccc(C)nc2)c(=O)[nH]1. The van der Waals surface area contributed by atoms with Gasteiger partial charge in [0.25, 0.3) is 5.56 Å². The molecule has 0 radical (unpaired) electrons. The molecule has 0 saturated heterocycles. The molecule has 94 valence electrons. The van der Waals surface area contributed by atoms with E-state index < -0.39 is 6.10 Å². The number of hydrogen-bond donors (Lipinski definition) is 2. The molecule has 0 amide bonds. The molecule has 5 nitrogen and oxygen atoms in total. The van der Waals surface area contributed by atoms with Crippen LogP contribution in [0.4, 0.5) is 0 Å². The maximum atomic E-state index is 11.8. The second-order valence-electron chi connectivity index (χ2n) is 3.81. The Kier molecular flexibility index (Phi) is 3.78. The van der Waals surface area contributed by atoms with E-state index in [2.05, 4.69) is 15.0 Å². The van der Waals surface area contributed by atoms with E-state index in [9.17, 15) is 9.90 Å². The van der Waals surface area contributed by atoms with Crippen molar-refractivity contribution in [1.82, 2.24) is 15.0 Å². The summed E-state index contributed by atoms with van der Waals surface area (Å²) >= 11 is 1.34. The van der Waals surface area contributed by atoms with Gasteiger partial charge in [-0.25, -0.2) is 4.98 Å². The number of H-pyrrole nitrogens is 1. The zero-order valence-electron chi connectivity index (χ0n) is 10.0. The first-order chi connectivity index (χ1) is 8.61. The Hall–Kier alpha value is -1.66. The van der Waals surface area contributed by atoms with E-state index in [-0.39, 0.29) is 11.1 Å². The Morgan fingerprint density at radius 1 is 1.33 bits per heavy atom. The van der Waals surface area contributed by atoms with Crippen LogP contribution in [0.1, 0.15) is 22.9 Å². The molecule has 1 atom stereocenters. The lowest BCUT2D eigenvalue weighted by atomic mass is 10.1. The van der Waals surface area contributed by atoms with E-state index in [1.807, 2.05) is 13.2 Å². The fourth-order valence-corrected chi connectivity index (χ4v) is 1.86. The largest absolute Gasteiger partial charge is 0.383 e. The summed E-state index contributed by atoms with van der Waals surface area (Å²) in [5, 5.41) is 10.6. The number of rotatable bonds is 3.